The summed E-state index contributed by atoms with van der Waals surface area (Å²) in [7, 11) is 0. The molecule has 0 aliphatic heterocycles. The fourth-order valence-corrected chi connectivity index (χ4v) is 2.29. The maximum Gasteiger partial charge on any atom is 0.287 e. The van der Waals surface area contributed by atoms with Gasteiger partial charge in [0.25, 0.3) is 5.69 Å². The second-order valence-electron chi connectivity index (χ2n) is 2.91. The van der Waals surface area contributed by atoms with Crippen molar-refractivity contribution in [2.45, 2.75) is 6.92 Å². The second-order valence-corrected chi connectivity index (χ2v) is 4.26. The van der Waals surface area contributed by atoms with Crippen molar-refractivity contribution < 1.29 is 9.72 Å². The third-order valence-corrected chi connectivity index (χ3v) is 3.23. The Kier molecular flexibility index (Phi) is 3.98. The molecule has 80 valence electrons. The first-order chi connectivity index (χ1) is 6.99. The Balaban J connectivity index is 3.41. The minimum absolute atomic E-state index is 0.0539. The Hall–Kier alpha value is -0.750. The molecule has 0 bridgehead atoms. The highest BCUT2D eigenvalue weighted by molar-refractivity contribution is 9.10. The molecule has 0 N–H and O–H groups in total. The topological polar surface area (TPSA) is 60.2 Å². The van der Waals surface area contributed by atoms with Gasteiger partial charge in [-0.05, 0) is 28.9 Å². The molecule has 0 spiro atoms. The molecule has 0 heterocycles. The number of carbonyl (C=O) groups is 1. The van der Waals surface area contributed by atoms with E-state index in [1.54, 1.807) is 19.1 Å². The van der Waals surface area contributed by atoms with Crippen LogP contribution in [-0.4, -0.2) is 16.0 Å². The number of nitrogens with zero attached hydrogens (tertiary/aromatic N) is 1. The molecule has 4 nitrogen and oxygen atoms in total. The molecule has 1 aromatic rings. The number of hydrogen-bond donors (Lipinski definition) is 0. The van der Waals surface area contributed by atoms with Crippen molar-refractivity contribution in [3.8, 4) is 0 Å². The normalized spacial score (nSPS) is 10.1. The molecule has 0 aromatic heterocycles. The van der Waals surface area contributed by atoms with Gasteiger partial charge in [0, 0.05) is 11.1 Å². The fourth-order valence-electron chi connectivity index (χ4n) is 1.17. The van der Waals surface area contributed by atoms with Gasteiger partial charge in [-0.1, -0.05) is 22.0 Å². The number of hydrogen-bond acceptors (Lipinski definition) is 3. The van der Waals surface area contributed by atoms with Gasteiger partial charge >= 0.3 is 0 Å². The van der Waals surface area contributed by atoms with Crippen LogP contribution in [0.4, 0.5) is 5.69 Å². The second kappa shape index (κ2) is 4.85. The molecule has 0 unspecified atom stereocenters. The third-order valence-electron chi connectivity index (χ3n) is 1.92. The van der Waals surface area contributed by atoms with Crippen molar-refractivity contribution in [2.75, 3.05) is 5.33 Å². The first kappa shape index (κ1) is 12.3. The van der Waals surface area contributed by atoms with Crippen LogP contribution in [0.5, 0.6) is 0 Å². The molecule has 1 aromatic carbocycles. The van der Waals surface area contributed by atoms with E-state index in [0.29, 0.717) is 11.1 Å². The van der Waals surface area contributed by atoms with Gasteiger partial charge in [-0.15, -0.1) is 0 Å². The van der Waals surface area contributed by atoms with Crippen LogP contribution < -0.4 is 0 Å². The van der Waals surface area contributed by atoms with Crippen molar-refractivity contribution >= 4 is 43.3 Å². The summed E-state index contributed by atoms with van der Waals surface area (Å²) in [5.41, 5.74) is 0.795. The lowest BCUT2D eigenvalue weighted by Crippen LogP contribution is -2.04. The van der Waals surface area contributed by atoms with Crippen molar-refractivity contribution in [2.24, 2.45) is 0 Å². The van der Waals surface area contributed by atoms with Crippen molar-refractivity contribution in [3.63, 3.8) is 0 Å². The Morgan fingerprint density at radius 3 is 2.60 bits per heavy atom. The van der Waals surface area contributed by atoms with Gasteiger partial charge in [0.05, 0.1) is 10.3 Å². The number of halogens is 2. The first-order valence-electron chi connectivity index (χ1n) is 4.01. The van der Waals surface area contributed by atoms with Gasteiger partial charge in [-0.25, -0.2) is 0 Å². The maximum absolute atomic E-state index is 11.4. The SMILES string of the molecule is Cc1ccc(C(=O)CBr)c(Br)c1[N+](=O)[O-]. The standard InChI is InChI=1S/C9H7Br2NO3/c1-5-2-3-6(7(13)4-10)8(11)9(5)12(14)15/h2-3H,4H2,1H3. The van der Waals surface area contributed by atoms with E-state index in [4.69, 9.17) is 0 Å². The van der Waals surface area contributed by atoms with Crippen LogP contribution in [0.2, 0.25) is 0 Å². The number of nitro groups is 1. The first-order valence-corrected chi connectivity index (χ1v) is 5.93. The lowest BCUT2D eigenvalue weighted by atomic mass is 10.1. The maximum atomic E-state index is 11.4. The number of carbonyl (C=O) groups excluding carboxylic acids is 1. The summed E-state index contributed by atoms with van der Waals surface area (Å²) in [6.45, 7) is 1.63. The van der Waals surface area contributed by atoms with Crippen LogP contribution in [0.3, 0.4) is 0 Å². The van der Waals surface area contributed by atoms with E-state index in [9.17, 15) is 14.9 Å². The van der Waals surface area contributed by atoms with Gasteiger partial charge < -0.3 is 0 Å². The highest BCUT2D eigenvalue weighted by Gasteiger charge is 2.21. The lowest BCUT2D eigenvalue weighted by molar-refractivity contribution is -0.386. The summed E-state index contributed by atoms with van der Waals surface area (Å²) in [5, 5.41) is 10.9. The molecule has 0 aliphatic carbocycles. The molecule has 6 heteroatoms. The van der Waals surface area contributed by atoms with Gasteiger partial charge in [-0.3, -0.25) is 14.9 Å². The predicted octanol–water partition coefficient (Wildman–Crippen LogP) is 3.24. The van der Waals surface area contributed by atoms with Crippen molar-refractivity contribution in [1.29, 1.82) is 0 Å². The summed E-state index contributed by atoms with van der Waals surface area (Å²) in [5.74, 6) is -0.190. The number of Topliss-reactive ketones (excluding diaryl/α,β-unsaturated/α-hetero) is 1. The molecule has 15 heavy (non-hydrogen) atoms. The molecular weight excluding hydrogens is 330 g/mol. The van der Waals surface area contributed by atoms with E-state index in [2.05, 4.69) is 31.9 Å². The number of alkyl halides is 1. The molecule has 0 saturated carbocycles. The van der Waals surface area contributed by atoms with Crippen molar-refractivity contribution in [3.05, 3.63) is 37.8 Å². The summed E-state index contributed by atoms with van der Waals surface area (Å²) in [4.78, 5) is 21.7. The minimum atomic E-state index is -0.496. The molecule has 0 aliphatic rings. The monoisotopic (exact) mass is 335 g/mol. The van der Waals surface area contributed by atoms with Crippen LogP contribution in [0.1, 0.15) is 15.9 Å². The van der Waals surface area contributed by atoms with E-state index < -0.39 is 4.92 Å². The van der Waals surface area contributed by atoms with Crippen molar-refractivity contribution in [1.82, 2.24) is 0 Å². The number of ketones is 1. The number of benzene rings is 1. The zero-order chi connectivity index (χ0) is 11.6. The molecule has 1 rings (SSSR count). The molecule has 0 radical (unpaired) electrons. The van der Waals surface area contributed by atoms with Crippen LogP contribution in [0, 0.1) is 17.0 Å². The average Bonchev–Trinajstić information content (AvgIpc) is 2.16. The third kappa shape index (κ3) is 2.43. The number of aryl methyl sites for hydroxylation is 1. The molecule has 0 amide bonds. The highest BCUT2D eigenvalue weighted by Crippen LogP contribution is 2.32. The van der Waals surface area contributed by atoms with Gasteiger partial charge in [0.1, 0.15) is 4.47 Å². The number of nitro benzene ring substituents is 1. The Labute approximate surface area is 103 Å². The summed E-state index contributed by atoms with van der Waals surface area (Å²) in [6, 6.07) is 3.15. The van der Waals surface area contributed by atoms with E-state index in [1.807, 2.05) is 0 Å². The smallest absolute Gasteiger partial charge is 0.287 e. The molecule has 0 atom stereocenters. The van der Waals surface area contributed by atoms with E-state index in [0.717, 1.165) is 0 Å². The Bertz CT molecular complexity index is 432. The lowest BCUT2D eigenvalue weighted by Gasteiger charge is -2.04. The van der Waals surface area contributed by atoms with E-state index in [-0.39, 0.29) is 21.3 Å². The van der Waals surface area contributed by atoms with Crippen LogP contribution in [-0.2, 0) is 0 Å². The van der Waals surface area contributed by atoms with Crippen LogP contribution in [0.15, 0.2) is 16.6 Å². The van der Waals surface area contributed by atoms with Gasteiger partial charge in [0.2, 0.25) is 0 Å². The number of rotatable bonds is 3. The van der Waals surface area contributed by atoms with Gasteiger partial charge in [0.15, 0.2) is 5.78 Å². The molecule has 0 saturated heterocycles. The molecular formula is C9H7Br2NO3. The quantitative estimate of drug-likeness (QED) is 0.368. The largest absolute Gasteiger partial charge is 0.293 e. The minimum Gasteiger partial charge on any atom is -0.293 e. The highest BCUT2D eigenvalue weighted by atomic mass is 79.9. The van der Waals surface area contributed by atoms with E-state index in [1.165, 1.54) is 0 Å². The Morgan fingerprint density at radius 1 is 1.53 bits per heavy atom. The summed E-state index contributed by atoms with van der Waals surface area (Å²) < 4.78 is 0.247. The van der Waals surface area contributed by atoms with Crippen LogP contribution >= 0.6 is 31.9 Å². The zero-order valence-corrected chi connectivity index (χ0v) is 11.0. The predicted molar refractivity (Wildman–Crippen MR) is 63.7 cm³/mol. The van der Waals surface area contributed by atoms with Crippen LogP contribution in [0.25, 0.3) is 0 Å². The zero-order valence-electron chi connectivity index (χ0n) is 7.79. The molecule has 0 fully saturated rings. The van der Waals surface area contributed by atoms with Gasteiger partial charge in [-0.2, -0.15) is 0 Å². The van der Waals surface area contributed by atoms with E-state index >= 15 is 0 Å². The summed E-state index contributed by atoms with van der Waals surface area (Å²) >= 11 is 6.12. The average molecular weight is 337 g/mol. The fraction of sp³-hybridized carbons (Fsp3) is 0.222. The Morgan fingerprint density at radius 2 is 2.13 bits per heavy atom. The summed E-state index contributed by atoms with van der Waals surface area (Å²) in [6.07, 6.45) is 0.